The highest BCUT2D eigenvalue weighted by Gasteiger charge is 2.25. The highest BCUT2D eigenvalue weighted by atomic mass is 35.5. The highest BCUT2D eigenvalue weighted by Crippen LogP contribution is 2.36. The summed E-state index contributed by atoms with van der Waals surface area (Å²) in [7, 11) is 2.90. The first-order chi connectivity index (χ1) is 19.3. The van der Waals surface area contributed by atoms with Gasteiger partial charge in [-0.05, 0) is 48.1 Å². The predicted molar refractivity (Wildman–Crippen MR) is 153 cm³/mol. The van der Waals surface area contributed by atoms with Crippen molar-refractivity contribution in [3.8, 4) is 11.5 Å². The topological polar surface area (TPSA) is 109 Å². The van der Waals surface area contributed by atoms with E-state index < -0.39 is 23.7 Å². The number of benzene rings is 3. The lowest BCUT2D eigenvalue weighted by molar-refractivity contribution is -0.120. The van der Waals surface area contributed by atoms with E-state index in [-0.39, 0.29) is 40.8 Å². The van der Waals surface area contributed by atoms with Gasteiger partial charge in [0.1, 0.15) is 18.0 Å². The van der Waals surface area contributed by atoms with Crippen molar-refractivity contribution in [3.05, 3.63) is 97.7 Å². The minimum Gasteiger partial charge on any atom is -0.495 e. The number of carbonyl (C=O) groups excluding carboxylic acids is 2. The van der Waals surface area contributed by atoms with Gasteiger partial charge in [0.2, 0.25) is 5.91 Å². The van der Waals surface area contributed by atoms with Gasteiger partial charge in [-0.25, -0.2) is 4.79 Å². The van der Waals surface area contributed by atoms with Crippen LogP contribution in [0.4, 0.5) is 5.69 Å². The van der Waals surface area contributed by atoms with E-state index in [1.54, 1.807) is 24.3 Å². The Morgan fingerprint density at radius 2 is 1.55 bits per heavy atom. The lowest BCUT2D eigenvalue weighted by atomic mass is 9.99. The highest BCUT2D eigenvalue weighted by molar-refractivity contribution is 6.32. The average molecular weight is 562 g/mol. The van der Waals surface area contributed by atoms with Gasteiger partial charge in [-0.15, -0.1) is 0 Å². The molecule has 0 saturated heterocycles. The predicted octanol–water partition coefficient (Wildman–Crippen LogP) is 3.85. The molecule has 0 unspecified atom stereocenters. The van der Waals surface area contributed by atoms with Gasteiger partial charge in [-0.3, -0.25) is 23.5 Å². The number of Topliss-reactive ketones (excluding diaryl/α,β-unsaturated/α-hetero) is 1. The first-order valence-electron chi connectivity index (χ1n) is 12.8. The zero-order chi connectivity index (χ0) is 28.4. The molecule has 1 aliphatic carbocycles. The summed E-state index contributed by atoms with van der Waals surface area (Å²) >= 11 is 6.22. The molecule has 3 aromatic carbocycles. The second kappa shape index (κ2) is 11.4. The fraction of sp³-hybridized carbons (Fsp3) is 0.267. The molecule has 0 radical (unpaired) electrons. The van der Waals surface area contributed by atoms with Crippen molar-refractivity contribution >= 4 is 39.9 Å². The molecular weight excluding hydrogens is 534 g/mol. The Morgan fingerprint density at radius 1 is 0.900 bits per heavy atom. The number of nitrogens with one attached hydrogen (secondary N) is 1. The summed E-state index contributed by atoms with van der Waals surface area (Å²) < 4.78 is 12.6. The molecule has 0 spiro atoms. The zero-order valence-electron chi connectivity index (χ0n) is 22.1. The van der Waals surface area contributed by atoms with Gasteiger partial charge >= 0.3 is 5.69 Å². The van der Waals surface area contributed by atoms with E-state index in [0.29, 0.717) is 17.0 Å². The fourth-order valence-electron chi connectivity index (χ4n) is 5.31. The quantitative estimate of drug-likeness (QED) is 0.332. The summed E-state index contributed by atoms with van der Waals surface area (Å²) in [5.74, 6) is 0.0571. The number of ether oxygens (including phenoxy) is 2. The van der Waals surface area contributed by atoms with E-state index in [0.717, 1.165) is 17.4 Å². The molecule has 9 nitrogen and oxygen atoms in total. The Morgan fingerprint density at radius 3 is 2.23 bits per heavy atom. The summed E-state index contributed by atoms with van der Waals surface area (Å²) in [5.41, 5.74) is 1.74. The molecule has 5 rings (SSSR count). The van der Waals surface area contributed by atoms with Crippen molar-refractivity contribution in [1.29, 1.82) is 0 Å². The Bertz CT molecular complexity index is 1720. The number of aromatic nitrogens is 2. The number of nitrogens with zero attached hydrogens (tertiary/aromatic N) is 2. The number of rotatable bonds is 9. The van der Waals surface area contributed by atoms with Crippen molar-refractivity contribution in [2.45, 2.75) is 32.4 Å². The van der Waals surface area contributed by atoms with E-state index in [1.165, 1.54) is 42.0 Å². The van der Waals surface area contributed by atoms with Crippen LogP contribution < -0.4 is 26.0 Å². The number of halogens is 1. The van der Waals surface area contributed by atoms with Crippen LogP contribution in [0.5, 0.6) is 11.5 Å². The standard InChI is InChI=1S/C30H28ClN3O6/c1-39-26-15-27(40-2)24(14-23(26)31)32-28(36)17-33-25-10-6-5-9-22(25)29(37)34(30(33)38)16-21(35)13-18-11-19-7-3-4-8-20(19)12-18/h3-10,14-15,18H,11-13,16-17H2,1-2H3,(H,32,36). The molecule has 0 atom stereocenters. The van der Waals surface area contributed by atoms with E-state index >= 15 is 0 Å². The van der Waals surface area contributed by atoms with Gasteiger partial charge in [0.25, 0.3) is 5.56 Å². The SMILES string of the molecule is COc1cc(OC)c(NC(=O)Cn2c(=O)n(CC(=O)CC3Cc4ccccc4C3)c(=O)c3ccccc32)cc1Cl. The summed E-state index contributed by atoms with van der Waals surface area (Å²) in [5, 5.41) is 3.21. The zero-order valence-corrected chi connectivity index (χ0v) is 22.9. The Hall–Kier alpha value is -4.37. The van der Waals surface area contributed by atoms with E-state index in [4.69, 9.17) is 21.1 Å². The second-order valence-electron chi connectivity index (χ2n) is 9.80. The number of fused-ring (bicyclic) bond motifs is 2. The van der Waals surface area contributed by atoms with Gasteiger partial charge in [0, 0.05) is 12.5 Å². The molecular formula is C30H28ClN3O6. The van der Waals surface area contributed by atoms with Crippen LogP contribution in [0.25, 0.3) is 10.9 Å². The number of amides is 1. The number of ketones is 1. The summed E-state index contributed by atoms with van der Waals surface area (Å²) in [6.07, 6.45) is 1.83. The summed E-state index contributed by atoms with van der Waals surface area (Å²) in [4.78, 5) is 53.0. The van der Waals surface area contributed by atoms with E-state index in [1.807, 2.05) is 12.1 Å². The van der Waals surface area contributed by atoms with Crippen LogP contribution in [0.3, 0.4) is 0 Å². The number of anilines is 1. The minimum atomic E-state index is -0.735. The van der Waals surface area contributed by atoms with Crippen LogP contribution in [-0.2, 0) is 35.5 Å². The van der Waals surface area contributed by atoms with Crippen LogP contribution in [0.1, 0.15) is 17.5 Å². The number of hydrogen-bond donors (Lipinski definition) is 1. The van der Waals surface area contributed by atoms with Crippen LogP contribution in [0, 0.1) is 5.92 Å². The van der Waals surface area contributed by atoms with E-state index in [9.17, 15) is 19.2 Å². The van der Waals surface area contributed by atoms with Gasteiger partial charge in [0.15, 0.2) is 5.78 Å². The summed E-state index contributed by atoms with van der Waals surface area (Å²) in [6, 6.07) is 17.6. The molecule has 0 aliphatic heterocycles. The third-order valence-electron chi connectivity index (χ3n) is 7.17. The fourth-order valence-corrected chi connectivity index (χ4v) is 5.55. The molecule has 1 aromatic heterocycles. The molecule has 1 aliphatic rings. The van der Waals surface area contributed by atoms with Crippen molar-refractivity contribution in [1.82, 2.24) is 9.13 Å². The monoisotopic (exact) mass is 561 g/mol. The third kappa shape index (κ3) is 5.37. The molecule has 0 bridgehead atoms. The van der Waals surface area contributed by atoms with Crippen LogP contribution in [0.2, 0.25) is 5.02 Å². The number of para-hydroxylation sites is 1. The Labute approximate surface area is 234 Å². The van der Waals surface area contributed by atoms with Gasteiger partial charge in [-0.1, -0.05) is 48.0 Å². The van der Waals surface area contributed by atoms with Crippen molar-refractivity contribution in [2.24, 2.45) is 5.92 Å². The molecule has 4 aromatic rings. The third-order valence-corrected chi connectivity index (χ3v) is 7.46. The molecule has 1 N–H and O–H groups in total. The molecule has 40 heavy (non-hydrogen) atoms. The molecule has 1 heterocycles. The minimum absolute atomic E-state index is 0.125. The van der Waals surface area contributed by atoms with Gasteiger partial charge in [0.05, 0.1) is 42.4 Å². The van der Waals surface area contributed by atoms with Gasteiger partial charge < -0.3 is 14.8 Å². The number of hydrogen-bond acceptors (Lipinski definition) is 6. The molecule has 1 amide bonds. The van der Waals surface area contributed by atoms with Crippen LogP contribution >= 0.6 is 11.6 Å². The maximum atomic E-state index is 13.5. The van der Waals surface area contributed by atoms with Crippen LogP contribution in [0.15, 0.2) is 70.3 Å². The Balaban J connectivity index is 1.41. The maximum absolute atomic E-state index is 13.5. The van der Waals surface area contributed by atoms with Crippen molar-refractivity contribution in [3.63, 3.8) is 0 Å². The van der Waals surface area contributed by atoms with Crippen LogP contribution in [-0.4, -0.2) is 35.0 Å². The van der Waals surface area contributed by atoms with E-state index in [2.05, 4.69) is 17.4 Å². The summed E-state index contributed by atoms with van der Waals surface area (Å²) in [6.45, 7) is -0.766. The van der Waals surface area contributed by atoms with Crippen molar-refractivity contribution < 1.29 is 19.1 Å². The first kappa shape index (κ1) is 27.2. The van der Waals surface area contributed by atoms with Gasteiger partial charge in [-0.2, -0.15) is 0 Å². The molecule has 0 saturated carbocycles. The number of methoxy groups -OCH3 is 2. The molecule has 0 fully saturated rings. The average Bonchev–Trinajstić information content (AvgIpc) is 3.35. The lowest BCUT2D eigenvalue weighted by Gasteiger charge is -2.16. The lowest BCUT2D eigenvalue weighted by Crippen LogP contribution is -2.43. The number of carbonyl (C=O) groups is 2. The van der Waals surface area contributed by atoms with Crippen molar-refractivity contribution in [2.75, 3.05) is 19.5 Å². The second-order valence-corrected chi connectivity index (χ2v) is 10.2. The normalized spacial score (nSPS) is 12.8. The molecule has 10 heteroatoms. The molecule has 206 valence electrons. The smallest absolute Gasteiger partial charge is 0.332 e. The maximum Gasteiger partial charge on any atom is 0.332 e. The first-order valence-corrected chi connectivity index (χ1v) is 13.2. The largest absolute Gasteiger partial charge is 0.495 e. The Kier molecular flexibility index (Phi) is 7.75.